The highest BCUT2D eigenvalue weighted by molar-refractivity contribution is 7.80. The van der Waals surface area contributed by atoms with Crippen LogP contribution in [0.3, 0.4) is 0 Å². The van der Waals surface area contributed by atoms with Gasteiger partial charge < -0.3 is 20.4 Å². The molecule has 0 atom stereocenters. The Morgan fingerprint density at radius 1 is 1.03 bits per heavy atom. The Kier molecular flexibility index (Phi) is 7.22. The van der Waals surface area contributed by atoms with E-state index in [1.54, 1.807) is 0 Å². The lowest BCUT2D eigenvalue weighted by atomic mass is 9.80. The van der Waals surface area contributed by atoms with Crippen LogP contribution in [0.4, 0.5) is 5.69 Å². The Bertz CT molecular complexity index is 845. The third kappa shape index (κ3) is 6.91. The number of hydrogen-bond acceptors (Lipinski definition) is 4. The molecule has 0 spiro atoms. The molecule has 0 radical (unpaired) electrons. The summed E-state index contributed by atoms with van der Waals surface area (Å²) in [5.74, 6) is 0. The summed E-state index contributed by atoms with van der Waals surface area (Å²) in [6.45, 7) is 10.5. The summed E-state index contributed by atoms with van der Waals surface area (Å²) >= 11 is 5.93. The summed E-state index contributed by atoms with van der Waals surface area (Å²) in [5.41, 5.74) is 3.59. The second-order valence-corrected chi connectivity index (χ2v) is 10.6. The molecule has 1 saturated heterocycles. The summed E-state index contributed by atoms with van der Waals surface area (Å²) in [7, 11) is 4.12. The highest BCUT2D eigenvalue weighted by Crippen LogP contribution is 2.28. The molecular formula is C25H37N5S. The largest absolute Gasteiger partial charge is 0.378 e. The van der Waals surface area contributed by atoms with Crippen molar-refractivity contribution in [3.63, 3.8) is 0 Å². The van der Waals surface area contributed by atoms with Crippen LogP contribution in [0.5, 0.6) is 0 Å². The van der Waals surface area contributed by atoms with Crippen molar-refractivity contribution in [1.29, 1.82) is 0 Å². The van der Waals surface area contributed by atoms with Crippen molar-refractivity contribution in [2.45, 2.75) is 70.7 Å². The molecule has 1 aromatic carbocycles. The van der Waals surface area contributed by atoms with E-state index < -0.39 is 0 Å². The molecule has 2 N–H and O–H groups in total. The summed E-state index contributed by atoms with van der Waals surface area (Å²) in [5, 5.41) is 8.22. The Labute approximate surface area is 193 Å². The lowest BCUT2D eigenvalue weighted by Crippen LogP contribution is -2.62. The van der Waals surface area contributed by atoms with Crippen molar-refractivity contribution < 1.29 is 0 Å². The van der Waals surface area contributed by atoms with Gasteiger partial charge in [0, 0.05) is 49.6 Å². The predicted molar refractivity (Wildman–Crippen MR) is 134 cm³/mol. The molecule has 168 valence electrons. The summed E-state index contributed by atoms with van der Waals surface area (Å²) in [4.78, 5) is 8.87. The van der Waals surface area contributed by atoms with E-state index in [1.165, 1.54) is 11.3 Å². The molecule has 2 aromatic rings. The van der Waals surface area contributed by atoms with Gasteiger partial charge in [0.15, 0.2) is 5.11 Å². The maximum atomic E-state index is 5.93. The van der Waals surface area contributed by atoms with E-state index in [9.17, 15) is 0 Å². The standard InChI is InChI=1S/C25H37N5S/c1-24(2)15-21(16-25(3,4)28-24)27-23(31)30(18-20-9-7-8-14-26-20)17-19-10-12-22(13-11-19)29(5)6/h7-14,21,28H,15-18H2,1-6H3,(H,27,31). The van der Waals surface area contributed by atoms with Gasteiger partial charge in [0.05, 0.1) is 12.2 Å². The van der Waals surface area contributed by atoms with Crippen molar-refractivity contribution in [3.05, 3.63) is 59.9 Å². The first-order chi connectivity index (χ1) is 14.5. The number of nitrogens with one attached hydrogen (secondary N) is 2. The summed E-state index contributed by atoms with van der Waals surface area (Å²) in [6, 6.07) is 15.0. The molecule has 0 aliphatic carbocycles. The van der Waals surface area contributed by atoms with E-state index in [4.69, 9.17) is 12.2 Å². The van der Waals surface area contributed by atoms with Crippen LogP contribution in [0.2, 0.25) is 0 Å². The number of anilines is 1. The van der Waals surface area contributed by atoms with Crippen LogP contribution in [0.15, 0.2) is 48.7 Å². The summed E-state index contributed by atoms with van der Waals surface area (Å²) < 4.78 is 0. The molecule has 0 unspecified atom stereocenters. The van der Waals surface area contributed by atoms with E-state index in [0.29, 0.717) is 12.6 Å². The molecule has 3 rings (SSSR count). The lowest BCUT2D eigenvalue weighted by Gasteiger charge is -2.47. The molecule has 1 aliphatic heterocycles. The van der Waals surface area contributed by atoms with E-state index in [1.807, 2.05) is 18.3 Å². The van der Waals surface area contributed by atoms with Crippen LogP contribution in [0, 0.1) is 0 Å². The molecule has 2 heterocycles. The van der Waals surface area contributed by atoms with Gasteiger partial charge in [-0.05, 0) is 82.6 Å². The number of thiocarbonyl (C=S) groups is 1. The molecule has 1 aliphatic rings. The molecule has 1 aromatic heterocycles. The van der Waals surface area contributed by atoms with Gasteiger partial charge >= 0.3 is 0 Å². The van der Waals surface area contributed by atoms with Crippen molar-refractivity contribution in [2.75, 3.05) is 19.0 Å². The van der Waals surface area contributed by atoms with Gasteiger partial charge in [-0.1, -0.05) is 18.2 Å². The Hall–Kier alpha value is -2.18. The minimum Gasteiger partial charge on any atom is -0.378 e. The number of nitrogens with zero attached hydrogens (tertiary/aromatic N) is 3. The van der Waals surface area contributed by atoms with Gasteiger partial charge in [-0.3, -0.25) is 4.98 Å². The maximum absolute atomic E-state index is 5.93. The zero-order valence-electron chi connectivity index (χ0n) is 19.8. The zero-order chi connectivity index (χ0) is 22.6. The third-order valence-electron chi connectivity index (χ3n) is 5.71. The molecule has 0 saturated carbocycles. The number of piperidine rings is 1. The second kappa shape index (κ2) is 9.53. The van der Waals surface area contributed by atoms with Crippen LogP contribution in [0.1, 0.15) is 51.8 Å². The number of benzene rings is 1. The fourth-order valence-electron chi connectivity index (χ4n) is 4.70. The first-order valence-corrected chi connectivity index (χ1v) is 11.4. The maximum Gasteiger partial charge on any atom is 0.169 e. The topological polar surface area (TPSA) is 43.4 Å². The second-order valence-electron chi connectivity index (χ2n) is 10.2. The molecule has 31 heavy (non-hydrogen) atoms. The van der Waals surface area contributed by atoms with Gasteiger partial charge in [0.2, 0.25) is 0 Å². The quantitative estimate of drug-likeness (QED) is 0.653. The highest BCUT2D eigenvalue weighted by Gasteiger charge is 2.38. The molecule has 6 heteroatoms. The van der Waals surface area contributed by atoms with Crippen LogP contribution in [0.25, 0.3) is 0 Å². The van der Waals surface area contributed by atoms with Crippen molar-refractivity contribution >= 4 is 23.0 Å². The Morgan fingerprint density at radius 3 is 2.23 bits per heavy atom. The molecular weight excluding hydrogens is 402 g/mol. The van der Waals surface area contributed by atoms with E-state index in [-0.39, 0.29) is 11.1 Å². The minimum atomic E-state index is 0.0723. The number of hydrogen-bond donors (Lipinski definition) is 2. The molecule has 5 nitrogen and oxygen atoms in total. The fraction of sp³-hybridized carbons (Fsp3) is 0.520. The van der Waals surface area contributed by atoms with Crippen molar-refractivity contribution in [2.24, 2.45) is 0 Å². The Morgan fingerprint density at radius 2 is 1.68 bits per heavy atom. The molecule has 0 amide bonds. The highest BCUT2D eigenvalue weighted by atomic mass is 32.1. The van der Waals surface area contributed by atoms with Gasteiger partial charge in [-0.25, -0.2) is 0 Å². The SMILES string of the molecule is CN(C)c1ccc(CN(Cc2ccccn2)C(=S)NC2CC(C)(C)NC(C)(C)C2)cc1. The van der Waals surface area contributed by atoms with E-state index >= 15 is 0 Å². The first-order valence-electron chi connectivity index (χ1n) is 11.0. The van der Waals surface area contributed by atoms with Crippen LogP contribution in [-0.2, 0) is 13.1 Å². The van der Waals surface area contributed by atoms with E-state index in [2.05, 4.69) is 97.5 Å². The fourth-order valence-corrected chi connectivity index (χ4v) is 4.99. The summed E-state index contributed by atoms with van der Waals surface area (Å²) in [6.07, 6.45) is 3.91. The predicted octanol–water partition coefficient (Wildman–Crippen LogP) is 4.33. The smallest absolute Gasteiger partial charge is 0.169 e. The van der Waals surface area contributed by atoms with E-state index in [0.717, 1.165) is 30.2 Å². The first kappa shape index (κ1) is 23.5. The van der Waals surface area contributed by atoms with Gasteiger partial charge in [0.1, 0.15) is 0 Å². The molecule has 0 bridgehead atoms. The monoisotopic (exact) mass is 439 g/mol. The van der Waals surface area contributed by atoms with Crippen LogP contribution in [-0.4, -0.2) is 46.2 Å². The van der Waals surface area contributed by atoms with Gasteiger partial charge in [-0.15, -0.1) is 0 Å². The Balaban J connectivity index is 1.76. The van der Waals surface area contributed by atoms with Gasteiger partial charge in [0.25, 0.3) is 0 Å². The number of rotatable bonds is 6. The van der Waals surface area contributed by atoms with Crippen molar-refractivity contribution in [1.82, 2.24) is 20.5 Å². The lowest BCUT2D eigenvalue weighted by molar-refractivity contribution is 0.153. The number of pyridine rings is 1. The average Bonchev–Trinajstić information content (AvgIpc) is 2.66. The van der Waals surface area contributed by atoms with Crippen LogP contribution < -0.4 is 15.5 Å². The van der Waals surface area contributed by atoms with Crippen LogP contribution >= 0.6 is 12.2 Å². The third-order valence-corrected chi connectivity index (χ3v) is 6.09. The van der Waals surface area contributed by atoms with Crippen molar-refractivity contribution in [3.8, 4) is 0 Å². The normalized spacial score (nSPS) is 17.7. The molecule has 1 fully saturated rings. The number of aromatic nitrogens is 1. The average molecular weight is 440 g/mol. The zero-order valence-corrected chi connectivity index (χ0v) is 20.6. The minimum absolute atomic E-state index is 0.0723. The van der Waals surface area contributed by atoms with Gasteiger partial charge in [-0.2, -0.15) is 0 Å².